The number of aromatic nitrogens is 2. The highest BCUT2D eigenvalue weighted by molar-refractivity contribution is 7.91. The van der Waals surface area contributed by atoms with Crippen molar-refractivity contribution in [2.24, 2.45) is 0 Å². The Kier molecular flexibility index (Phi) is 4.56. The number of rotatable bonds is 4. The lowest BCUT2D eigenvalue weighted by Crippen LogP contribution is -2.29. The van der Waals surface area contributed by atoms with Crippen LogP contribution in [0, 0.1) is 6.92 Å². The minimum atomic E-state index is -3.53. The molecule has 0 atom stereocenters. The van der Waals surface area contributed by atoms with Gasteiger partial charge in [-0.05, 0) is 30.7 Å². The zero-order valence-electron chi connectivity index (χ0n) is 12.6. The molecule has 116 valence electrons. The van der Waals surface area contributed by atoms with E-state index in [9.17, 15) is 13.2 Å². The van der Waals surface area contributed by atoms with Gasteiger partial charge in [-0.1, -0.05) is 13.0 Å². The molecule has 0 spiro atoms. The van der Waals surface area contributed by atoms with Crippen LogP contribution in [0.3, 0.4) is 0 Å². The maximum absolute atomic E-state index is 12.6. The van der Waals surface area contributed by atoms with Gasteiger partial charge in [-0.15, -0.1) is 0 Å². The van der Waals surface area contributed by atoms with Crippen molar-refractivity contribution >= 4 is 21.6 Å². The quantitative estimate of drug-likeness (QED) is 0.859. The van der Waals surface area contributed by atoms with Crippen molar-refractivity contribution in [3.8, 4) is 0 Å². The van der Waals surface area contributed by atoms with Crippen LogP contribution >= 0.6 is 0 Å². The predicted molar refractivity (Wildman–Crippen MR) is 83.7 cm³/mol. The zero-order valence-corrected chi connectivity index (χ0v) is 13.5. The van der Waals surface area contributed by atoms with E-state index in [1.807, 2.05) is 13.0 Å². The molecule has 0 aliphatic carbocycles. The molecule has 0 aliphatic heterocycles. The summed E-state index contributed by atoms with van der Waals surface area (Å²) >= 11 is 0. The number of carbonyl (C=O) groups is 1. The highest BCUT2D eigenvalue weighted by atomic mass is 32.2. The number of sulfone groups is 1. The topological polar surface area (TPSA) is 80.2 Å². The average molecular weight is 319 g/mol. The Labute approximate surface area is 129 Å². The molecule has 0 N–H and O–H groups in total. The van der Waals surface area contributed by atoms with Gasteiger partial charge in [-0.2, -0.15) is 0 Å². The maximum Gasteiger partial charge on any atom is 0.279 e. The van der Waals surface area contributed by atoms with Crippen LogP contribution in [0.25, 0.3) is 0 Å². The first-order chi connectivity index (χ1) is 10.4. The fraction of sp³-hybridized carbons (Fsp3) is 0.267. The van der Waals surface area contributed by atoms with E-state index in [0.29, 0.717) is 5.82 Å². The van der Waals surface area contributed by atoms with Gasteiger partial charge in [-0.25, -0.2) is 18.4 Å². The van der Waals surface area contributed by atoms with E-state index in [2.05, 4.69) is 9.97 Å². The third-order valence-electron chi connectivity index (χ3n) is 3.23. The highest BCUT2D eigenvalue weighted by Crippen LogP contribution is 2.19. The molecule has 0 saturated carbocycles. The van der Waals surface area contributed by atoms with Crippen molar-refractivity contribution in [3.05, 3.63) is 47.9 Å². The number of amides is 1. The lowest BCUT2D eigenvalue weighted by molar-refractivity contribution is 0.0984. The molecule has 2 aromatic rings. The van der Waals surface area contributed by atoms with E-state index in [1.165, 1.54) is 37.2 Å². The van der Waals surface area contributed by atoms with Gasteiger partial charge in [0.1, 0.15) is 11.5 Å². The molecule has 7 heteroatoms. The van der Waals surface area contributed by atoms with Crippen molar-refractivity contribution < 1.29 is 13.2 Å². The SMILES string of the molecule is CCS(=O)(=O)c1cccnc1C(=O)N(C)c1ccc(C)cn1. The molecule has 1 amide bonds. The summed E-state index contributed by atoms with van der Waals surface area (Å²) < 4.78 is 24.2. The number of aryl methyl sites for hydroxylation is 1. The summed E-state index contributed by atoms with van der Waals surface area (Å²) in [4.78, 5) is 21.9. The number of pyridine rings is 2. The summed E-state index contributed by atoms with van der Waals surface area (Å²) in [6.45, 7) is 3.42. The Morgan fingerprint density at radius 1 is 1.23 bits per heavy atom. The fourth-order valence-corrected chi connectivity index (χ4v) is 2.91. The number of hydrogen-bond donors (Lipinski definition) is 0. The third-order valence-corrected chi connectivity index (χ3v) is 4.99. The molecule has 0 fully saturated rings. The summed E-state index contributed by atoms with van der Waals surface area (Å²) in [5.41, 5.74) is 0.880. The van der Waals surface area contributed by atoms with Crippen LogP contribution in [-0.4, -0.2) is 37.1 Å². The molecule has 22 heavy (non-hydrogen) atoms. The van der Waals surface area contributed by atoms with Gasteiger partial charge in [0.05, 0.1) is 10.6 Å². The smallest absolute Gasteiger partial charge is 0.279 e. The van der Waals surface area contributed by atoms with Gasteiger partial charge in [0, 0.05) is 19.4 Å². The zero-order chi connectivity index (χ0) is 16.3. The number of anilines is 1. The second-order valence-electron chi connectivity index (χ2n) is 4.81. The van der Waals surface area contributed by atoms with Gasteiger partial charge < -0.3 is 0 Å². The van der Waals surface area contributed by atoms with Gasteiger partial charge >= 0.3 is 0 Å². The summed E-state index contributed by atoms with van der Waals surface area (Å²) in [5.74, 6) is -0.170. The van der Waals surface area contributed by atoms with Crippen LogP contribution in [-0.2, 0) is 9.84 Å². The molecule has 0 radical (unpaired) electrons. The molecule has 6 nitrogen and oxygen atoms in total. The van der Waals surface area contributed by atoms with Crippen LogP contribution in [0.4, 0.5) is 5.82 Å². The Bertz CT molecular complexity index is 786. The van der Waals surface area contributed by atoms with E-state index >= 15 is 0 Å². The molecule has 0 aromatic carbocycles. The Morgan fingerprint density at radius 2 is 1.95 bits per heavy atom. The number of carbonyl (C=O) groups excluding carboxylic acids is 1. The molecule has 2 rings (SSSR count). The molecular formula is C15H17N3O3S. The highest BCUT2D eigenvalue weighted by Gasteiger charge is 2.25. The first-order valence-corrected chi connectivity index (χ1v) is 8.40. The van der Waals surface area contributed by atoms with Crippen LogP contribution in [0.1, 0.15) is 23.0 Å². The van der Waals surface area contributed by atoms with E-state index < -0.39 is 15.7 Å². The molecule has 0 bridgehead atoms. The standard InChI is InChI=1S/C15H17N3O3S/c1-4-22(20,21)12-6-5-9-16-14(12)15(19)18(3)13-8-7-11(2)10-17-13/h5-10H,4H2,1-3H3. The summed E-state index contributed by atoms with van der Waals surface area (Å²) in [6.07, 6.45) is 3.04. The summed E-state index contributed by atoms with van der Waals surface area (Å²) in [7, 11) is -1.99. The van der Waals surface area contributed by atoms with E-state index in [4.69, 9.17) is 0 Å². The number of nitrogens with zero attached hydrogens (tertiary/aromatic N) is 3. The van der Waals surface area contributed by atoms with Gasteiger partial charge in [0.25, 0.3) is 5.91 Å². The van der Waals surface area contributed by atoms with Crippen molar-refractivity contribution in [2.45, 2.75) is 18.7 Å². The fourth-order valence-electron chi connectivity index (χ4n) is 1.88. The van der Waals surface area contributed by atoms with Crippen LogP contribution in [0.2, 0.25) is 0 Å². The van der Waals surface area contributed by atoms with Crippen LogP contribution in [0.5, 0.6) is 0 Å². The molecule has 0 unspecified atom stereocenters. The molecule has 2 aromatic heterocycles. The van der Waals surface area contributed by atoms with Crippen molar-refractivity contribution in [1.29, 1.82) is 0 Å². The third kappa shape index (κ3) is 3.14. The largest absolute Gasteiger partial charge is 0.294 e. The Hall–Kier alpha value is -2.28. The van der Waals surface area contributed by atoms with Crippen molar-refractivity contribution in [3.63, 3.8) is 0 Å². The summed E-state index contributed by atoms with van der Waals surface area (Å²) in [6, 6.07) is 6.43. The van der Waals surface area contributed by atoms with Crippen LogP contribution < -0.4 is 4.90 Å². The predicted octanol–water partition coefficient (Wildman–Crippen LogP) is 1.86. The second kappa shape index (κ2) is 6.23. The van der Waals surface area contributed by atoms with Crippen LogP contribution in [0.15, 0.2) is 41.6 Å². The van der Waals surface area contributed by atoms with E-state index in [1.54, 1.807) is 12.3 Å². The lowest BCUT2D eigenvalue weighted by Gasteiger charge is -2.17. The molecule has 0 saturated heterocycles. The van der Waals surface area contributed by atoms with Crippen molar-refractivity contribution in [1.82, 2.24) is 9.97 Å². The Morgan fingerprint density at radius 3 is 2.55 bits per heavy atom. The summed E-state index contributed by atoms with van der Waals surface area (Å²) in [5, 5.41) is 0. The van der Waals surface area contributed by atoms with E-state index in [0.717, 1.165) is 5.56 Å². The lowest BCUT2D eigenvalue weighted by atomic mass is 10.3. The Balaban J connectivity index is 2.44. The van der Waals surface area contributed by atoms with Gasteiger partial charge in [0.15, 0.2) is 9.84 Å². The minimum absolute atomic E-state index is 0.0542. The maximum atomic E-state index is 12.6. The average Bonchev–Trinajstić information content (AvgIpc) is 2.54. The number of hydrogen-bond acceptors (Lipinski definition) is 5. The normalized spacial score (nSPS) is 11.2. The molecule has 0 aliphatic rings. The molecular weight excluding hydrogens is 302 g/mol. The van der Waals surface area contributed by atoms with Crippen molar-refractivity contribution in [2.75, 3.05) is 17.7 Å². The monoisotopic (exact) mass is 319 g/mol. The minimum Gasteiger partial charge on any atom is -0.294 e. The first kappa shape index (κ1) is 16.1. The van der Waals surface area contributed by atoms with E-state index in [-0.39, 0.29) is 16.3 Å². The van der Waals surface area contributed by atoms with Gasteiger partial charge in [-0.3, -0.25) is 9.69 Å². The second-order valence-corrected chi connectivity index (χ2v) is 7.06. The van der Waals surface area contributed by atoms with Gasteiger partial charge in [0.2, 0.25) is 0 Å². The first-order valence-electron chi connectivity index (χ1n) is 6.75. The molecule has 2 heterocycles.